The van der Waals surface area contributed by atoms with Crippen LogP contribution in [-0.2, 0) is 11.0 Å². The number of carbonyl (C=O) groups excluding carboxylic acids is 2. The van der Waals surface area contributed by atoms with Crippen LogP contribution in [0.3, 0.4) is 0 Å². The van der Waals surface area contributed by atoms with Gasteiger partial charge in [-0.05, 0) is 77.1 Å². The van der Waals surface area contributed by atoms with Crippen LogP contribution in [-0.4, -0.2) is 59.4 Å². The van der Waals surface area contributed by atoms with Crippen molar-refractivity contribution < 1.29 is 22.8 Å². The van der Waals surface area contributed by atoms with Gasteiger partial charge in [0.25, 0.3) is 5.91 Å². The fourth-order valence-electron chi connectivity index (χ4n) is 5.35. The molecule has 33 heavy (non-hydrogen) atoms. The average molecular weight is 468 g/mol. The molecule has 1 aromatic carbocycles. The van der Waals surface area contributed by atoms with E-state index >= 15 is 0 Å². The lowest BCUT2D eigenvalue weighted by molar-refractivity contribution is -0.137. The van der Waals surface area contributed by atoms with E-state index in [9.17, 15) is 22.8 Å². The van der Waals surface area contributed by atoms with Crippen molar-refractivity contribution >= 4 is 11.8 Å². The molecular weight excluding hydrogens is 431 g/mol. The van der Waals surface area contributed by atoms with E-state index in [-0.39, 0.29) is 17.5 Å². The van der Waals surface area contributed by atoms with Crippen molar-refractivity contribution in [3.8, 4) is 0 Å². The smallest absolute Gasteiger partial charge is 0.340 e. The zero-order valence-corrected chi connectivity index (χ0v) is 20.0. The summed E-state index contributed by atoms with van der Waals surface area (Å²) in [7, 11) is 2.17. The lowest BCUT2D eigenvalue weighted by Crippen LogP contribution is -2.51. The van der Waals surface area contributed by atoms with Gasteiger partial charge in [0.15, 0.2) is 0 Å². The Morgan fingerprint density at radius 1 is 1.24 bits per heavy atom. The standard InChI is InChI=1S/C25H36F3N3O2/c1-5-7-17-15-20(30(4)16(2)3)10-11-22(17)31-13-12-21(24(31)33)29-23(32)18-8-6-9-19(14-18)25(26,27)28/h6,8-9,14,16-17,20-22H,5,7,10-13,15H2,1-4H3,(H,29,32)/t17-,20+,21-,22-/m0/s1. The SMILES string of the molecule is CCC[C@H]1C[C@H](N(C)C(C)C)CC[C@@H]1N1CC[C@H](NC(=O)c2cccc(C(F)(F)F)c2)C1=O. The summed E-state index contributed by atoms with van der Waals surface area (Å²) < 4.78 is 38.9. The van der Waals surface area contributed by atoms with Gasteiger partial charge in [-0.25, -0.2) is 0 Å². The molecule has 1 aliphatic heterocycles. The molecule has 1 aromatic rings. The van der Waals surface area contributed by atoms with Gasteiger partial charge < -0.3 is 15.1 Å². The van der Waals surface area contributed by atoms with Crippen LogP contribution in [0.15, 0.2) is 24.3 Å². The van der Waals surface area contributed by atoms with E-state index in [1.165, 1.54) is 12.1 Å². The molecule has 5 nitrogen and oxygen atoms in total. The van der Waals surface area contributed by atoms with E-state index in [1.807, 2.05) is 4.90 Å². The summed E-state index contributed by atoms with van der Waals surface area (Å²) in [5.74, 6) is -0.345. The van der Waals surface area contributed by atoms with E-state index in [0.29, 0.717) is 31.0 Å². The fourth-order valence-corrected chi connectivity index (χ4v) is 5.35. The zero-order valence-electron chi connectivity index (χ0n) is 20.0. The number of alkyl halides is 3. The number of carbonyl (C=O) groups is 2. The van der Waals surface area contributed by atoms with Gasteiger partial charge in [0.05, 0.1) is 5.56 Å². The zero-order chi connectivity index (χ0) is 24.3. The van der Waals surface area contributed by atoms with Gasteiger partial charge in [0.2, 0.25) is 5.91 Å². The second-order valence-corrected chi connectivity index (χ2v) is 9.77. The lowest BCUT2D eigenvalue weighted by Gasteiger charge is -2.44. The molecule has 1 heterocycles. The van der Waals surface area contributed by atoms with Crippen molar-refractivity contribution in [1.29, 1.82) is 0 Å². The van der Waals surface area contributed by atoms with E-state index in [1.54, 1.807) is 0 Å². The summed E-state index contributed by atoms with van der Waals surface area (Å²) in [4.78, 5) is 30.1. The van der Waals surface area contributed by atoms with Gasteiger partial charge in [0.1, 0.15) is 6.04 Å². The molecule has 0 bridgehead atoms. The predicted molar refractivity (Wildman–Crippen MR) is 122 cm³/mol. The molecule has 1 N–H and O–H groups in total. The van der Waals surface area contributed by atoms with Gasteiger partial charge in [-0.15, -0.1) is 0 Å². The van der Waals surface area contributed by atoms with E-state index < -0.39 is 23.7 Å². The molecule has 0 radical (unpaired) electrons. The minimum Gasteiger partial charge on any atom is -0.340 e. The summed E-state index contributed by atoms with van der Waals surface area (Å²) in [6, 6.07) is 4.75. The van der Waals surface area contributed by atoms with Crippen molar-refractivity contribution in [2.75, 3.05) is 13.6 Å². The highest BCUT2D eigenvalue weighted by Gasteiger charge is 2.42. The maximum absolute atomic E-state index is 13.2. The number of rotatable bonds is 7. The summed E-state index contributed by atoms with van der Waals surface area (Å²) in [5, 5.41) is 2.68. The van der Waals surface area contributed by atoms with Crippen molar-refractivity contribution in [3.63, 3.8) is 0 Å². The van der Waals surface area contributed by atoms with Gasteiger partial charge >= 0.3 is 6.18 Å². The maximum Gasteiger partial charge on any atom is 0.416 e. The van der Waals surface area contributed by atoms with Crippen LogP contribution in [0.5, 0.6) is 0 Å². The molecule has 0 spiro atoms. The van der Waals surface area contributed by atoms with Crippen LogP contribution in [0.1, 0.15) is 75.2 Å². The predicted octanol–water partition coefficient (Wildman–Crippen LogP) is 4.71. The molecule has 0 aromatic heterocycles. The number of amides is 2. The lowest BCUT2D eigenvalue weighted by atomic mass is 9.77. The van der Waals surface area contributed by atoms with Crippen LogP contribution in [0.25, 0.3) is 0 Å². The third-order valence-electron chi connectivity index (χ3n) is 7.36. The van der Waals surface area contributed by atoms with Gasteiger partial charge in [0, 0.05) is 30.2 Å². The molecule has 1 aliphatic carbocycles. The van der Waals surface area contributed by atoms with E-state index in [0.717, 1.165) is 44.2 Å². The first kappa shape index (κ1) is 25.5. The third kappa shape index (κ3) is 5.89. The largest absolute Gasteiger partial charge is 0.416 e. The molecule has 4 atom stereocenters. The Morgan fingerprint density at radius 2 is 1.97 bits per heavy atom. The van der Waals surface area contributed by atoms with Crippen molar-refractivity contribution in [3.05, 3.63) is 35.4 Å². The molecular formula is C25H36F3N3O2. The first-order chi connectivity index (χ1) is 15.5. The molecule has 2 fully saturated rings. The van der Waals surface area contributed by atoms with Gasteiger partial charge in [-0.3, -0.25) is 9.59 Å². The molecule has 2 aliphatic rings. The number of hydrogen-bond donors (Lipinski definition) is 1. The molecule has 184 valence electrons. The quantitative estimate of drug-likeness (QED) is 0.632. The van der Waals surface area contributed by atoms with Gasteiger partial charge in [-0.1, -0.05) is 19.4 Å². The first-order valence-corrected chi connectivity index (χ1v) is 12.0. The number of nitrogens with one attached hydrogen (secondary N) is 1. The summed E-state index contributed by atoms with van der Waals surface area (Å²) >= 11 is 0. The Balaban J connectivity index is 1.66. The average Bonchev–Trinajstić information content (AvgIpc) is 3.12. The van der Waals surface area contributed by atoms with E-state index in [4.69, 9.17) is 0 Å². The fraction of sp³-hybridized carbons (Fsp3) is 0.680. The Bertz CT molecular complexity index is 842. The number of nitrogens with zero attached hydrogens (tertiary/aromatic N) is 2. The first-order valence-electron chi connectivity index (χ1n) is 12.0. The topological polar surface area (TPSA) is 52.6 Å². The van der Waals surface area contributed by atoms with Crippen LogP contribution >= 0.6 is 0 Å². The number of likely N-dealkylation sites (tertiary alicyclic amines) is 1. The van der Waals surface area contributed by atoms with Crippen LogP contribution in [0.4, 0.5) is 13.2 Å². The van der Waals surface area contributed by atoms with Crippen molar-refractivity contribution in [2.24, 2.45) is 5.92 Å². The summed E-state index contributed by atoms with van der Waals surface area (Å²) in [6.07, 6.45) is 1.09. The number of halogens is 3. The second kappa shape index (κ2) is 10.5. The molecule has 3 rings (SSSR count). The Kier molecular flexibility index (Phi) is 8.08. The number of benzene rings is 1. The van der Waals surface area contributed by atoms with Crippen LogP contribution in [0.2, 0.25) is 0 Å². The Morgan fingerprint density at radius 3 is 2.61 bits per heavy atom. The van der Waals surface area contributed by atoms with Crippen molar-refractivity contribution in [1.82, 2.24) is 15.1 Å². The van der Waals surface area contributed by atoms with E-state index in [2.05, 4.69) is 38.0 Å². The van der Waals surface area contributed by atoms with Crippen molar-refractivity contribution in [2.45, 2.75) is 89.6 Å². The minimum atomic E-state index is -4.52. The highest BCUT2D eigenvalue weighted by Crippen LogP contribution is 2.36. The Labute approximate surface area is 194 Å². The van der Waals surface area contributed by atoms with Crippen LogP contribution in [0, 0.1) is 5.92 Å². The minimum absolute atomic E-state index is 0.0860. The van der Waals surface area contributed by atoms with Gasteiger partial charge in [-0.2, -0.15) is 13.2 Å². The maximum atomic E-state index is 13.2. The number of hydrogen-bond acceptors (Lipinski definition) is 3. The summed E-state index contributed by atoms with van der Waals surface area (Å²) in [5.41, 5.74) is -0.961. The third-order valence-corrected chi connectivity index (χ3v) is 7.36. The molecule has 8 heteroatoms. The highest BCUT2D eigenvalue weighted by molar-refractivity contribution is 5.98. The molecule has 2 amide bonds. The van der Waals surface area contributed by atoms with Crippen LogP contribution < -0.4 is 5.32 Å². The molecule has 1 saturated heterocycles. The summed E-state index contributed by atoms with van der Waals surface area (Å²) in [6.45, 7) is 7.13. The monoisotopic (exact) mass is 467 g/mol. The molecule has 0 unspecified atom stereocenters. The molecule has 1 saturated carbocycles. The Hall–Kier alpha value is -2.09. The second-order valence-electron chi connectivity index (χ2n) is 9.77. The normalized spacial score (nSPS) is 26.3. The highest BCUT2D eigenvalue weighted by atomic mass is 19.4.